The first kappa shape index (κ1) is 13.5. The summed E-state index contributed by atoms with van der Waals surface area (Å²) in [5.41, 5.74) is 12.1. The van der Waals surface area contributed by atoms with E-state index in [1.54, 1.807) is 23.2 Å². The van der Waals surface area contributed by atoms with Crippen LogP contribution in [0.1, 0.15) is 28.9 Å². The Balaban J connectivity index is 1.98. The fourth-order valence-electron chi connectivity index (χ4n) is 2.20. The van der Waals surface area contributed by atoms with Crippen LogP contribution < -0.4 is 11.5 Å². The van der Waals surface area contributed by atoms with E-state index >= 15 is 0 Å². The van der Waals surface area contributed by atoms with E-state index in [0.29, 0.717) is 38.2 Å². The van der Waals surface area contributed by atoms with E-state index < -0.39 is 0 Å². The molecule has 2 amide bonds. The number of hydrogen-bond acceptors (Lipinski definition) is 4. The van der Waals surface area contributed by atoms with Crippen molar-refractivity contribution in [3.8, 4) is 0 Å². The minimum Gasteiger partial charge on any atom is -0.369 e. The molecule has 19 heavy (non-hydrogen) atoms. The number of nitrogens with zero attached hydrogens (tertiary/aromatic N) is 2. The smallest absolute Gasteiger partial charge is 0.272 e. The molecule has 102 valence electrons. The fourth-order valence-corrected chi connectivity index (χ4v) is 2.20. The summed E-state index contributed by atoms with van der Waals surface area (Å²) in [6.07, 6.45) is 2.87. The van der Waals surface area contributed by atoms with E-state index in [2.05, 4.69) is 4.98 Å². The van der Waals surface area contributed by atoms with Crippen LogP contribution in [0.15, 0.2) is 18.3 Å². The summed E-state index contributed by atoms with van der Waals surface area (Å²) in [7, 11) is 0. The second kappa shape index (κ2) is 5.79. The standard InChI is InChI=1S/C13H18N4O2/c14-7-9-1-2-11(16-8-9)13(19)17-5-3-10(4-6-17)12(15)18/h1-2,8,10H,3-7,14H2,(H2,15,18). The second-order valence-electron chi connectivity index (χ2n) is 4.72. The van der Waals surface area contributed by atoms with Crippen molar-refractivity contribution in [2.75, 3.05) is 13.1 Å². The summed E-state index contributed by atoms with van der Waals surface area (Å²) >= 11 is 0. The molecule has 0 unspecified atom stereocenters. The van der Waals surface area contributed by atoms with Gasteiger partial charge in [0.25, 0.3) is 5.91 Å². The van der Waals surface area contributed by atoms with Gasteiger partial charge in [0.1, 0.15) is 5.69 Å². The van der Waals surface area contributed by atoms with Crippen LogP contribution in [0.2, 0.25) is 0 Å². The van der Waals surface area contributed by atoms with Gasteiger partial charge in [-0.15, -0.1) is 0 Å². The fraction of sp³-hybridized carbons (Fsp3) is 0.462. The molecule has 2 rings (SSSR count). The van der Waals surface area contributed by atoms with Crippen LogP contribution in [0.5, 0.6) is 0 Å². The Bertz CT molecular complexity index is 464. The van der Waals surface area contributed by atoms with Gasteiger partial charge in [-0.3, -0.25) is 14.6 Å². The number of aromatic nitrogens is 1. The molecule has 0 spiro atoms. The number of carbonyl (C=O) groups is 2. The van der Waals surface area contributed by atoms with Crippen LogP contribution in [-0.2, 0) is 11.3 Å². The third kappa shape index (κ3) is 3.08. The molecule has 1 saturated heterocycles. The number of pyridine rings is 1. The lowest BCUT2D eigenvalue weighted by Crippen LogP contribution is -2.42. The van der Waals surface area contributed by atoms with Crippen LogP contribution in [0.4, 0.5) is 0 Å². The first-order chi connectivity index (χ1) is 9.11. The Labute approximate surface area is 111 Å². The average molecular weight is 262 g/mol. The minimum absolute atomic E-state index is 0.105. The topological polar surface area (TPSA) is 102 Å². The van der Waals surface area contributed by atoms with Crippen molar-refractivity contribution < 1.29 is 9.59 Å². The minimum atomic E-state index is -0.280. The van der Waals surface area contributed by atoms with Gasteiger partial charge in [0, 0.05) is 31.7 Å². The molecule has 0 aliphatic carbocycles. The van der Waals surface area contributed by atoms with E-state index in [-0.39, 0.29) is 17.7 Å². The monoisotopic (exact) mass is 262 g/mol. The Hall–Kier alpha value is -1.95. The Kier molecular flexibility index (Phi) is 4.11. The SMILES string of the molecule is NCc1ccc(C(=O)N2CCC(C(N)=O)CC2)nc1. The predicted molar refractivity (Wildman–Crippen MR) is 70.0 cm³/mol. The van der Waals surface area contributed by atoms with Crippen LogP contribution in [0.25, 0.3) is 0 Å². The van der Waals surface area contributed by atoms with Gasteiger partial charge in [-0.25, -0.2) is 0 Å². The molecule has 1 aliphatic heterocycles. The number of rotatable bonds is 3. The van der Waals surface area contributed by atoms with Gasteiger partial charge in [-0.2, -0.15) is 0 Å². The van der Waals surface area contributed by atoms with Gasteiger partial charge in [0.2, 0.25) is 5.91 Å². The summed E-state index contributed by atoms with van der Waals surface area (Å²) in [6, 6.07) is 3.49. The van der Waals surface area contributed by atoms with Crippen LogP contribution in [-0.4, -0.2) is 34.8 Å². The highest BCUT2D eigenvalue weighted by Gasteiger charge is 2.26. The van der Waals surface area contributed by atoms with Crippen molar-refractivity contribution in [3.63, 3.8) is 0 Å². The quantitative estimate of drug-likeness (QED) is 0.792. The first-order valence-corrected chi connectivity index (χ1v) is 6.35. The molecular weight excluding hydrogens is 244 g/mol. The first-order valence-electron chi connectivity index (χ1n) is 6.35. The molecule has 1 aromatic heterocycles. The van der Waals surface area contributed by atoms with Crippen molar-refractivity contribution in [2.45, 2.75) is 19.4 Å². The van der Waals surface area contributed by atoms with Gasteiger partial charge in [-0.1, -0.05) is 6.07 Å². The third-order valence-electron chi connectivity index (χ3n) is 3.46. The average Bonchev–Trinajstić information content (AvgIpc) is 2.46. The van der Waals surface area contributed by atoms with Crippen LogP contribution in [0, 0.1) is 5.92 Å². The van der Waals surface area contributed by atoms with Crippen LogP contribution >= 0.6 is 0 Å². The maximum Gasteiger partial charge on any atom is 0.272 e. The second-order valence-corrected chi connectivity index (χ2v) is 4.72. The number of primary amides is 1. The molecule has 2 heterocycles. The molecule has 0 aromatic carbocycles. The highest BCUT2D eigenvalue weighted by molar-refractivity contribution is 5.92. The zero-order valence-corrected chi connectivity index (χ0v) is 10.7. The largest absolute Gasteiger partial charge is 0.369 e. The van der Waals surface area contributed by atoms with E-state index in [9.17, 15) is 9.59 Å². The van der Waals surface area contributed by atoms with E-state index in [1.165, 1.54) is 0 Å². The number of likely N-dealkylation sites (tertiary alicyclic amines) is 1. The van der Waals surface area contributed by atoms with Crippen molar-refractivity contribution >= 4 is 11.8 Å². The van der Waals surface area contributed by atoms with Crippen molar-refractivity contribution in [1.29, 1.82) is 0 Å². The van der Waals surface area contributed by atoms with Crippen molar-refractivity contribution in [2.24, 2.45) is 17.4 Å². The molecule has 0 radical (unpaired) electrons. The lowest BCUT2D eigenvalue weighted by atomic mass is 9.96. The maximum atomic E-state index is 12.2. The van der Waals surface area contributed by atoms with E-state index in [0.717, 1.165) is 5.56 Å². The molecule has 1 aromatic rings. The lowest BCUT2D eigenvalue weighted by molar-refractivity contribution is -0.123. The van der Waals surface area contributed by atoms with Crippen LogP contribution in [0.3, 0.4) is 0 Å². The molecule has 6 nitrogen and oxygen atoms in total. The number of nitrogens with two attached hydrogens (primary N) is 2. The Morgan fingerprint density at radius 1 is 1.32 bits per heavy atom. The zero-order chi connectivity index (χ0) is 13.8. The maximum absolute atomic E-state index is 12.2. The number of piperidine rings is 1. The summed E-state index contributed by atoms with van der Waals surface area (Å²) in [4.78, 5) is 29.1. The molecule has 0 saturated carbocycles. The van der Waals surface area contributed by atoms with E-state index in [4.69, 9.17) is 11.5 Å². The molecule has 0 bridgehead atoms. The van der Waals surface area contributed by atoms with Gasteiger partial charge < -0.3 is 16.4 Å². The Morgan fingerprint density at radius 2 is 2.00 bits per heavy atom. The molecule has 0 atom stereocenters. The predicted octanol–water partition coefficient (Wildman–Crippen LogP) is -0.122. The van der Waals surface area contributed by atoms with Gasteiger partial charge in [-0.05, 0) is 24.5 Å². The number of carbonyl (C=O) groups excluding carboxylic acids is 2. The molecule has 1 fully saturated rings. The molecule has 4 N–H and O–H groups in total. The van der Waals surface area contributed by atoms with Gasteiger partial charge in [0.15, 0.2) is 0 Å². The highest BCUT2D eigenvalue weighted by Crippen LogP contribution is 2.18. The number of hydrogen-bond donors (Lipinski definition) is 2. The summed E-state index contributed by atoms with van der Waals surface area (Å²) in [6.45, 7) is 1.50. The summed E-state index contributed by atoms with van der Waals surface area (Å²) in [5.74, 6) is -0.499. The highest BCUT2D eigenvalue weighted by atomic mass is 16.2. The Morgan fingerprint density at radius 3 is 2.47 bits per heavy atom. The lowest BCUT2D eigenvalue weighted by Gasteiger charge is -2.30. The normalized spacial score (nSPS) is 16.4. The molecular formula is C13H18N4O2. The zero-order valence-electron chi connectivity index (χ0n) is 10.7. The van der Waals surface area contributed by atoms with Gasteiger partial charge in [0.05, 0.1) is 0 Å². The molecule has 1 aliphatic rings. The van der Waals surface area contributed by atoms with Gasteiger partial charge >= 0.3 is 0 Å². The molecule has 6 heteroatoms. The van der Waals surface area contributed by atoms with E-state index in [1.807, 2.05) is 0 Å². The number of amides is 2. The third-order valence-corrected chi connectivity index (χ3v) is 3.46. The summed E-state index contributed by atoms with van der Waals surface area (Å²) in [5, 5.41) is 0. The summed E-state index contributed by atoms with van der Waals surface area (Å²) < 4.78 is 0. The van der Waals surface area contributed by atoms with Crippen molar-refractivity contribution in [1.82, 2.24) is 9.88 Å². The van der Waals surface area contributed by atoms with Crippen molar-refractivity contribution in [3.05, 3.63) is 29.6 Å².